The van der Waals surface area contributed by atoms with Crippen LogP contribution in [-0.2, 0) is 9.53 Å². The molecule has 1 aliphatic rings. The average Bonchev–Trinajstić information content (AvgIpc) is 2.46. The van der Waals surface area contributed by atoms with Crippen molar-refractivity contribution in [3.63, 3.8) is 0 Å². The molecule has 0 spiro atoms. The van der Waals surface area contributed by atoms with Gasteiger partial charge in [-0.15, -0.1) is 0 Å². The number of esters is 1. The Bertz CT molecular complexity index is 419. The maximum atomic E-state index is 11.6. The summed E-state index contributed by atoms with van der Waals surface area (Å²) >= 11 is 0. The summed E-state index contributed by atoms with van der Waals surface area (Å²) in [6.07, 6.45) is 1.81. The fourth-order valence-electron chi connectivity index (χ4n) is 2.44. The van der Waals surface area contributed by atoms with Crippen molar-refractivity contribution in [2.24, 2.45) is 0 Å². The minimum absolute atomic E-state index is 0.178. The van der Waals surface area contributed by atoms with Crippen LogP contribution in [0.5, 0.6) is 5.75 Å². The third-order valence-corrected chi connectivity index (χ3v) is 3.45. The van der Waals surface area contributed by atoms with Gasteiger partial charge in [-0.3, -0.25) is 4.79 Å². The van der Waals surface area contributed by atoms with Gasteiger partial charge in [0, 0.05) is 0 Å². The van der Waals surface area contributed by atoms with E-state index in [2.05, 4.69) is 11.4 Å². The molecule has 0 radical (unpaired) electrons. The third-order valence-electron chi connectivity index (χ3n) is 3.45. The van der Waals surface area contributed by atoms with Crippen LogP contribution in [0.25, 0.3) is 0 Å². The lowest BCUT2D eigenvalue weighted by atomic mass is 9.86. The van der Waals surface area contributed by atoms with Gasteiger partial charge in [0.05, 0.1) is 14.2 Å². The van der Waals surface area contributed by atoms with Crippen LogP contribution in [0.3, 0.4) is 0 Å². The van der Waals surface area contributed by atoms with Crippen molar-refractivity contribution in [3.8, 4) is 5.75 Å². The summed E-state index contributed by atoms with van der Waals surface area (Å²) in [6.45, 7) is 0.835. The lowest BCUT2D eigenvalue weighted by Gasteiger charge is -2.29. The van der Waals surface area contributed by atoms with E-state index in [9.17, 15) is 4.79 Å². The molecule has 1 saturated heterocycles. The molecule has 18 heavy (non-hydrogen) atoms. The highest BCUT2D eigenvalue weighted by atomic mass is 16.5. The second-order valence-corrected chi connectivity index (χ2v) is 4.53. The Kier molecular flexibility index (Phi) is 4.20. The SMILES string of the molecule is COC(=O)[C@H]1C[C@H](c2cccc(OC)c2)CCN1. The zero-order valence-corrected chi connectivity index (χ0v) is 10.8. The van der Waals surface area contributed by atoms with Crippen molar-refractivity contribution in [3.05, 3.63) is 29.8 Å². The van der Waals surface area contributed by atoms with Crippen LogP contribution in [0.2, 0.25) is 0 Å². The molecule has 1 N–H and O–H groups in total. The Morgan fingerprint density at radius 3 is 2.94 bits per heavy atom. The molecule has 1 fully saturated rings. The van der Waals surface area contributed by atoms with Crippen molar-refractivity contribution in [1.29, 1.82) is 0 Å². The van der Waals surface area contributed by atoms with Gasteiger partial charge >= 0.3 is 5.97 Å². The van der Waals surface area contributed by atoms with Gasteiger partial charge in [-0.1, -0.05) is 12.1 Å². The van der Waals surface area contributed by atoms with E-state index in [0.717, 1.165) is 25.1 Å². The quantitative estimate of drug-likeness (QED) is 0.828. The number of benzene rings is 1. The van der Waals surface area contributed by atoms with Gasteiger partial charge in [0.1, 0.15) is 11.8 Å². The van der Waals surface area contributed by atoms with E-state index in [0.29, 0.717) is 5.92 Å². The third kappa shape index (κ3) is 2.82. The summed E-state index contributed by atoms with van der Waals surface area (Å²) in [5, 5.41) is 3.19. The molecule has 0 unspecified atom stereocenters. The number of nitrogens with one attached hydrogen (secondary N) is 1. The summed E-state index contributed by atoms with van der Waals surface area (Å²) in [7, 11) is 3.10. The highest BCUT2D eigenvalue weighted by Crippen LogP contribution is 2.30. The predicted molar refractivity (Wildman–Crippen MR) is 68.8 cm³/mol. The first kappa shape index (κ1) is 12.9. The van der Waals surface area contributed by atoms with Gasteiger partial charge in [-0.2, -0.15) is 0 Å². The van der Waals surface area contributed by atoms with Crippen LogP contribution in [0, 0.1) is 0 Å². The summed E-state index contributed by atoms with van der Waals surface area (Å²) in [5.74, 6) is 1.06. The standard InChI is InChI=1S/C14H19NO3/c1-17-12-5-3-4-10(8-12)11-6-7-15-13(9-11)14(16)18-2/h3-5,8,11,13,15H,6-7,9H2,1-2H3/t11-,13-/m1/s1. The molecule has 0 amide bonds. The van der Waals surface area contributed by atoms with E-state index in [1.165, 1.54) is 12.7 Å². The molecule has 4 heteroatoms. The zero-order chi connectivity index (χ0) is 13.0. The van der Waals surface area contributed by atoms with E-state index in [1.54, 1.807) is 7.11 Å². The molecule has 0 bridgehead atoms. The lowest BCUT2D eigenvalue weighted by Crippen LogP contribution is -2.43. The van der Waals surface area contributed by atoms with E-state index in [1.807, 2.05) is 18.2 Å². The highest BCUT2D eigenvalue weighted by molar-refractivity contribution is 5.75. The molecule has 1 aliphatic heterocycles. The zero-order valence-electron chi connectivity index (χ0n) is 10.8. The average molecular weight is 249 g/mol. The lowest BCUT2D eigenvalue weighted by molar-refractivity contribution is -0.143. The number of carbonyl (C=O) groups excluding carboxylic acids is 1. The van der Waals surface area contributed by atoms with Gasteiger partial charge in [0.2, 0.25) is 0 Å². The number of methoxy groups -OCH3 is 2. The van der Waals surface area contributed by atoms with Crippen LogP contribution in [0.1, 0.15) is 24.3 Å². The van der Waals surface area contributed by atoms with Gasteiger partial charge in [-0.25, -0.2) is 0 Å². The molecule has 1 aromatic rings. The van der Waals surface area contributed by atoms with Crippen molar-refractivity contribution in [2.45, 2.75) is 24.8 Å². The molecule has 0 saturated carbocycles. The van der Waals surface area contributed by atoms with E-state index >= 15 is 0 Å². The van der Waals surface area contributed by atoms with Crippen LogP contribution < -0.4 is 10.1 Å². The summed E-state index contributed by atoms with van der Waals surface area (Å²) < 4.78 is 10.0. The number of hydrogen-bond acceptors (Lipinski definition) is 4. The fourth-order valence-corrected chi connectivity index (χ4v) is 2.44. The monoisotopic (exact) mass is 249 g/mol. The Morgan fingerprint density at radius 2 is 2.22 bits per heavy atom. The van der Waals surface area contributed by atoms with Crippen molar-refractivity contribution in [1.82, 2.24) is 5.32 Å². The maximum absolute atomic E-state index is 11.6. The van der Waals surface area contributed by atoms with Crippen LogP contribution in [0.4, 0.5) is 0 Å². The number of ether oxygens (including phenoxy) is 2. The van der Waals surface area contributed by atoms with Gasteiger partial charge in [0.25, 0.3) is 0 Å². The van der Waals surface area contributed by atoms with Crippen molar-refractivity contribution >= 4 is 5.97 Å². The van der Waals surface area contributed by atoms with Crippen LogP contribution >= 0.6 is 0 Å². The summed E-state index contributed by atoms with van der Waals surface area (Å²) in [6, 6.07) is 7.86. The first-order chi connectivity index (χ1) is 8.74. The van der Waals surface area contributed by atoms with E-state index in [-0.39, 0.29) is 12.0 Å². The van der Waals surface area contributed by atoms with Gasteiger partial charge in [-0.05, 0) is 43.0 Å². The Morgan fingerprint density at radius 1 is 1.39 bits per heavy atom. The molecule has 2 rings (SSSR count). The molecular formula is C14H19NO3. The molecule has 2 atom stereocenters. The molecule has 1 aromatic carbocycles. The molecule has 98 valence electrons. The Labute approximate surface area is 107 Å². The van der Waals surface area contributed by atoms with E-state index < -0.39 is 0 Å². The number of piperidine rings is 1. The first-order valence-corrected chi connectivity index (χ1v) is 6.19. The molecular weight excluding hydrogens is 230 g/mol. The topological polar surface area (TPSA) is 47.6 Å². The minimum Gasteiger partial charge on any atom is -0.497 e. The van der Waals surface area contributed by atoms with E-state index in [4.69, 9.17) is 9.47 Å². The predicted octanol–water partition coefficient (Wildman–Crippen LogP) is 1.70. The highest BCUT2D eigenvalue weighted by Gasteiger charge is 2.28. The maximum Gasteiger partial charge on any atom is 0.322 e. The molecule has 4 nitrogen and oxygen atoms in total. The number of carbonyl (C=O) groups is 1. The van der Waals surface area contributed by atoms with Crippen molar-refractivity contribution in [2.75, 3.05) is 20.8 Å². The largest absolute Gasteiger partial charge is 0.497 e. The van der Waals surface area contributed by atoms with Crippen LogP contribution in [0.15, 0.2) is 24.3 Å². The smallest absolute Gasteiger partial charge is 0.322 e. The number of rotatable bonds is 3. The summed E-state index contributed by atoms with van der Waals surface area (Å²) in [4.78, 5) is 11.6. The Balaban J connectivity index is 2.10. The Hall–Kier alpha value is -1.55. The van der Waals surface area contributed by atoms with Crippen LogP contribution in [-0.4, -0.2) is 32.8 Å². The number of hydrogen-bond donors (Lipinski definition) is 1. The molecule has 1 heterocycles. The molecule has 0 aliphatic carbocycles. The van der Waals surface area contributed by atoms with Gasteiger partial charge in [0.15, 0.2) is 0 Å². The first-order valence-electron chi connectivity index (χ1n) is 6.19. The molecule has 0 aromatic heterocycles. The van der Waals surface area contributed by atoms with Crippen molar-refractivity contribution < 1.29 is 14.3 Å². The second kappa shape index (κ2) is 5.87. The minimum atomic E-state index is -0.194. The normalized spacial score (nSPS) is 23.4. The summed E-state index contributed by atoms with van der Waals surface area (Å²) in [5.41, 5.74) is 1.23. The second-order valence-electron chi connectivity index (χ2n) is 4.53. The van der Waals surface area contributed by atoms with Gasteiger partial charge < -0.3 is 14.8 Å². The fraction of sp³-hybridized carbons (Fsp3) is 0.500.